The molecular weight excluding hydrogens is 444 g/mol. The van der Waals surface area contributed by atoms with Crippen LogP contribution in [0.15, 0.2) is 109 Å². The van der Waals surface area contributed by atoms with Crippen LogP contribution >= 0.6 is 0 Å². The number of hydrogen-bond acceptors (Lipinski definition) is 4. The van der Waals surface area contributed by atoms with Gasteiger partial charge in [-0.1, -0.05) is 72.8 Å². The monoisotopic (exact) mass is 474 g/mol. The Morgan fingerprint density at radius 3 is 1.92 bits per heavy atom. The molecule has 0 spiro atoms. The van der Waals surface area contributed by atoms with Gasteiger partial charge in [0.05, 0.1) is 5.57 Å². The van der Waals surface area contributed by atoms with E-state index in [0.29, 0.717) is 11.3 Å². The predicted molar refractivity (Wildman–Crippen MR) is 148 cm³/mol. The molecule has 0 unspecified atom stereocenters. The number of nitrogens with two attached hydrogens (primary N) is 1. The minimum Gasteiger partial charge on any atom is -0.399 e. The van der Waals surface area contributed by atoms with Crippen LogP contribution in [0.5, 0.6) is 0 Å². The molecule has 36 heavy (non-hydrogen) atoms. The molecule has 0 aliphatic carbocycles. The number of benzene rings is 4. The molecule has 1 aliphatic heterocycles. The second-order valence-electron chi connectivity index (χ2n) is 9.20. The van der Waals surface area contributed by atoms with Gasteiger partial charge in [0.25, 0.3) is 5.91 Å². The summed E-state index contributed by atoms with van der Waals surface area (Å²) in [6.07, 6.45) is 0. The highest BCUT2D eigenvalue weighted by Gasteiger charge is 2.26. The van der Waals surface area contributed by atoms with Gasteiger partial charge in [0.2, 0.25) is 0 Å². The molecule has 5 heteroatoms. The van der Waals surface area contributed by atoms with Crippen LogP contribution in [0.25, 0.3) is 5.57 Å². The molecule has 1 heterocycles. The topological polar surface area (TPSA) is 70.4 Å². The molecule has 4 N–H and O–H groups in total. The van der Waals surface area contributed by atoms with Crippen LogP contribution in [0.3, 0.4) is 0 Å². The van der Waals surface area contributed by atoms with Crippen molar-refractivity contribution in [2.75, 3.05) is 16.4 Å². The second-order valence-corrected chi connectivity index (χ2v) is 9.20. The standard InChI is InChI=1S/C31H30N4O/c1-22(30-28-18-26(32)14-17-29(28)34-31(30)36)33-27-15-12-25(13-16-27)21-35(19-23-8-4-2-5-9-23)20-24-10-6-3-7-11-24/h2-18,33H,19-21,32H2,1H3,(H,34,36). The fourth-order valence-corrected chi connectivity index (χ4v) is 4.64. The first-order valence-corrected chi connectivity index (χ1v) is 12.1. The van der Waals surface area contributed by atoms with Gasteiger partial charge in [-0.05, 0) is 53.9 Å². The zero-order chi connectivity index (χ0) is 24.9. The number of hydrogen-bond donors (Lipinski definition) is 3. The Morgan fingerprint density at radius 1 is 0.778 bits per heavy atom. The molecule has 0 aromatic heterocycles. The average Bonchev–Trinajstić information content (AvgIpc) is 3.21. The summed E-state index contributed by atoms with van der Waals surface area (Å²) in [4.78, 5) is 15.0. The number of anilines is 3. The molecule has 0 bridgehead atoms. The largest absolute Gasteiger partial charge is 0.399 e. The van der Waals surface area contributed by atoms with E-state index in [4.69, 9.17) is 5.73 Å². The van der Waals surface area contributed by atoms with Crippen LogP contribution in [0.1, 0.15) is 29.2 Å². The third-order valence-corrected chi connectivity index (χ3v) is 6.35. The third kappa shape index (κ3) is 5.48. The van der Waals surface area contributed by atoms with Crippen molar-refractivity contribution >= 4 is 28.5 Å². The Morgan fingerprint density at radius 2 is 1.33 bits per heavy atom. The van der Waals surface area contributed by atoms with Gasteiger partial charge in [-0.15, -0.1) is 0 Å². The van der Waals surface area contributed by atoms with Gasteiger partial charge >= 0.3 is 0 Å². The lowest BCUT2D eigenvalue weighted by Crippen LogP contribution is -2.22. The second kappa shape index (κ2) is 10.5. The molecule has 5 rings (SSSR count). The molecule has 1 aliphatic rings. The van der Waals surface area contributed by atoms with E-state index in [1.54, 1.807) is 6.07 Å². The molecule has 0 saturated carbocycles. The van der Waals surface area contributed by atoms with Gasteiger partial charge in [-0.3, -0.25) is 9.69 Å². The van der Waals surface area contributed by atoms with Crippen LogP contribution in [-0.4, -0.2) is 10.8 Å². The highest BCUT2D eigenvalue weighted by atomic mass is 16.2. The maximum absolute atomic E-state index is 12.6. The lowest BCUT2D eigenvalue weighted by molar-refractivity contribution is -0.110. The van der Waals surface area contributed by atoms with Gasteiger partial charge < -0.3 is 16.4 Å². The van der Waals surface area contributed by atoms with Crippen molar-refractivity contribution in [2.45, 2.75) is 26.6 Å². The van der Waals surface area contributed by atoms with Crippen molar-refractivity contribution in [3.05, 3.63) is 131 Å². The molecule has 180 valence electrons. The summed E-state index contributed by atoms with van der Waals surface area (Å²) in [6.45, 7) is 4.50. The van der Waals surface area contributed by atoms with Crippen molar-refractivity contribution in [3.8, 4) is 0 Å². The minimum atomic E-state index is -0.116. The van der Waals surface area contributed by atoms with E-state index in [0.717, 1.165) is 42.3 Å². The van der Waals surface area contributed by atoms with Crippen LogP contribution in [0.4, 0.5) is 17.1 Å². The molecular formula is C31H30N4O. The number of carbonyl (C=O) groups excluding carboxylic acids is 1. The van der Waals surface area contributed by atoms with Crippen molar-refractivity contribution in [1.29, 1.82) is 0 Å². The Bertz CT molecular complexity index is 1340. The quantitative estimate of drug-likeness (QED) is 0.208. The van der Waals surface area contributed by atoms with Gasteiger partial charge in [-0.2, -0.15) is 0 Å². The number of rotatable bonds is 8. The fourth-order valence-electron chi connectivity index (χ4n) is 4.64. The van der Waals surface area contributed by atoms with E-state index in [1.807, 2.05) is 19.1 Å². The van der Waals surface area contributed by atoms with Crippen LogP contribution in [0, 0.1) is 0 Å². The fraction of sp³-hybridized carbons (Fsp3) is 0.129. The number of allylic oxidation sites excluding steroid dienone is 1. The van der Waals surface area contributed by atoms with E-state index in [2.05, 4.69) is 100 Å². The van der Waals surface area contributed by atoms with Gasteiger partial charge in [0.1, 0.15) is 0 Å². The van der Waals surface area contributed by atoms with Crippen molar-refractivity contribution in [1.82, 2.24) is 4.90 Å². The molecule has 0 atom stereocenters. The molecule has 1 amide bonds. The highest BCUT2D eigenvalue weighted by molar-refractivity contribution is 6.32. The number of nitrogen functional groups attached to an aromatic ring is 1. The molecule has 0 radical (unpaired) electrons. The third-order valence-electron chi connectivity index (χ3n) is 6.35. The first kappa shape index (κ1) is 23.4. The number of nitrogens with one attached hydrogen (secondary N) is 2. The Hall–Kier alpha value is -4.35. The summed E-state index contributed by atoms with van der Waals surface area (Å²) in [5.74, 6) is -0.116. The summed E-state index contributed by atoms with van der Waals surface area (Å²) in [6, 6.07) is 35.0. The van der Waals surface area contributed by atoms with Crippen LogP contribution in [-0.2, 0) is 24.4 Å². The zero-order valence-corrected chi connectivity index (χ0v) is 20.4. The Labute approximate surface area is 212 Å². The van der Waals surface area contributed by atoms with E-state index in [1.165, 1.54) is 16.7 Å². The van der Waals surface area contributed by atoms with Crippen LogP contribution < -0.4 is 16.4 Å². The average molecular weight is 475 g/mol. The first-order valence-electron chi connectivity index (χ1n) is 12.1. The number of amides is 1. The molecule has 5 nitrogen and oxygen atoms in total. The van der Waals surface area contributed by atoms with Crippen molar-refractivity contribution < 1.29 is 4.79 Å². The summed E-state index contributed by atoms with van der Waals surface area (Å²) < 4.78 is 0. The van der Waals surface area contributed by atoms with Crippen molar-refractivity contribution in [3.63, 3.8) is 0 Å². The molecule has 4 aromatic rings. The lowest BCUT2D eigenvalue weighted by Gasteiger charge is -2.23. The van der Waals surface area contributed by atoms with E-state index in [-0.39, 0.29) is 5.91 Å². The van der Waals surface area contributed by atoms with Gasteiger partial charge in [0.15, 0.2) is 0 Å². The van der Waals surface area contributed by atoms with Crippen molar-refractivity contribution in [2.24, 2.45) is 0 Å². The minimum absolute atomic E-state index is 0.116. The van der Waals surface area contributed by atoms with Crippen LogP contribution in [0.2, 0.25) is 0 Å². The molecule has 0 fully saturated rings. The Kier molecular flexibility index (Phi) is 6.83. The predicted octanol–water partition coefficient (Wildman–Crippen LogP) is 6.27. The first-order chi connectivity index (χ1) is 17.5. The summed E-state index contributed by atoms with van der Waals surface area (Å²) in [7, 11) is 0. The SMILES string of the molecule is CC(Nc1ccc(CN(Cc2ccccc2)Cc2ccccc2)cc1)=C1C(=O)Nc2ccc(N)cc21. The van der Waals surface area contributed by atoms with Gasteiger partial charge in [0, 0.05) is 48.0 Å². The summed E-state index contributed by atoms with van der Waals surface area (Å²) in [5.41, 5.74) is 14.4. The van der Waals surface area contributed by atoms with E-state index < -0.39 is 0 Å². The molecule has 4 aromatic carbocycles. The van der Waals surface area contributed by atoms with Gasteiger partial charge in [-0.25, -0.2) is 0 Å². The smallest absolute Gasteiger partial charge is 0.258 e. The Balaban J connectivity index is 1.31. The maximum Gasteiger partial charge on any atom is 0.258 e. The van der Waals surface area contributed by atoms with E-state index >= 15 is 0 Å². The normalized spacial score (nSPS) is 13.9. The maximum atomic E-state index is 12.6. The number of fused-ring (bicyclic) bond motifs is 1. The zero-order valence-electron chi connectivity index (χ0n) is 20.4. The van der Waals surface area contributed by atoms with E-state index in [9.17, 15) is 4.79 Å². The number of carbonyl (C=O) groups is 1. The number of nitrogens with zero attached hydrogens (tertiary/aromatic N) is 1. The summed E-state index contributed by atoms with van der Waals surface area (Å²) in [5, 5.41) is 6.31. The highest BCUT2D eigenvalue weighted by Crippen LogP contribution is 2.35. The summed E-state index contributed by atoms with van der Waals surface area (Å²) >= 11 is 0. The lowest BCUT2D eigenvalue weighted by atomic mass is 10.0. The molecule has 0 saturated heterocycles.